The highest BCUT2D eigenvalue weighted by Gasteiger charge is 2.31. The maximum absolute atomic E-state index is 11.5. The Kier molecular flexibility index (Phi) is 5.22. The summed E-state index contributed by atoms with van der Waals surface area (Å²) >= 11 is 0. The number of hydrogen-bond acceptors (Lipinski definition) is 8. The van der Waals surface area contributed by atoms with Crippen LogP contribution >= 0.6 is 0 Å². The van der Waals surface area contributed by atoms with Crippen LogP contribution in [0, 0.1) is 22.0 Å². The van der Waals surface area contributed by atoms with Crippen molar-refractivity contribution in [3.05, 3.63) is 10.1 Å². The molecule has 3 N–H and O–H groups in total. The van der Waals surface area contributed by atoms with E-state index >= 15 is 0 Å². The fourth-order valence-corrected chi connectivity index (χ4v) is 3.78. The molecule has 2 aliphatic rings. The standard InChI is InChI=1S/C16H26N6O3/c1-10-6-11(2)9-21(8-10)15-13(22(23)24)14(17)19-16(20-15)18-7-12-4-3-5-25-12/h10-12H,3-9H2,1-2H3,(H3,17,18,19,20)/t10-,11-,12-/m1/s1. The van der Waals surface area contributed by atoms with Crippen molar-refractivity contribution in [3.63, 3.8) is 0 Å². The summed E-state index contributed by atoms with van der Waals surface area (Å²) in [5, 5.41) is 14.6. The molecule has 0 spiro atoms. The molecule has 0 amide bonds. The van der Waals surface area contributed by atoms with Crippen molar-refractivity contribution in [2.45, 2.75) is 39.2 Å². The molecule has 3 heterocycles. The van der Waals surface area contributed by atoms with Crippen LogP contribution in [0.3, 0.4) is 0 Å². The molecule has 0 saturated carbocycles. The molecule has 1 aromatic heterocycles. The minimum absolute atomic E-state index is 0.101. The summed E-state index contributed by atoms with van der Waals surface area (Å²) in [5.74, 6) is 1.42. The molecule has 9 heteroatoms. The van der Waals surface area contributed by atoms with Crippen molar-refractivity contribution in [1.29, 1.82) is 0 Å². The van der Waals surface area contributed by atoms with Gasteiger partial charge in [0, 0.05) is 26.2 Å². The highest BCUT2D eigenvalue weighted by molar-refractivity contribution is 5.71. The van der Waals surface area contributed by atoms with Gasteiger partial charge in [-0.25, -0.2) is 0 Å². The molecule has 25 heavy (non-hydrogen) atoms. The summed E-state index contributed by atoms with van der Waals surface area (Å²) in [7, 11) is 0. The Hall–Kier alpha value is -2.16. The number of piperidine rings is 1. The number of nitro groups is 1. The number of rotatable bonds is 5. The fourth-order valence-electron chi connectivity index (χ4n) is 3.78. The number of hydrogen-bond donors (Lipinski definition) is 2. The summed E-state index contributed by atoms with van der Waals surface area (Å²) in [5.41, 5.74) is 5.69. The van der Waals surface area contributed by atoms with Gasteiger partial charge in [-0.05, 0) is 31.1 Å². The Morgan fingerprint density at radius 2 is 2.08 bits per heavy atom. The second-order valence-corrected chi connectivity index (χ2v) is 7.23. The van der Waals surface area contributed by atoms with E-state index in [2.05, 4.69) is 29.1 Å². The summed E-state index contributed by atoms with van der Waals surface area (Å²) < 4.78 is 5.57. The number of aromatic nitrogens is 2. The molecule has 2 fully saturated rings. The number of anilines is 3. The number of nitrogens with zero attached hydrogens (tertiary/aromatic N) is 4. The van der Waals surface area contributed by atoms with Gasteiger partial charge >= 0.3 is 5.69 Å². The topological polar surface area (TPSA) is 119 Å². The van der Waals surface area contributed by atoms with Crippen LogP contribution < -0.4 is 16.0 Å². The summed E-state index contributed by atoms with van der Waals surface area (Å²) in [4.78, 5) is 21.5. The Morgan fingerprint density at radius 3 is 2.68 bits per heavy atom. The van der Waals surface area contributed by atoms with Gasteiger partial charge in [0.1, 0.15) is 0 Å². The normalized spacial score (nSPS) is 26.6. The van der Waals surface area contributed by atoms with Crippen LogP contribution in [0.4, 0.5) is 23.3 Å². The van der Waals surface area contributed by atoms with Crippen LogP contribution in [-0.4, -0.2) is 47.2 Å². The first-order chi connectivity index (χ1) is 11.9. The van der Waals surface area contributed by atoms with Crippen molar-refractivity contribution in [2.24, 2.45) is 11.8 Å². The largest absolute Gasteiger partial charge is 0.378 e. The van der Waals surface area contributed by atoms with E-state index < -0.39 is 4.92 Å². The van der Waals surface area contributed by atoms with Crippen LogP contribution in [0.2, 0.25) is 0 Å². The predicted molar refractivity (Wildman–Crippen MR) is 95.7 cm³/mol. The fraction of sp³-hybridized carbons (Fsp3) is 0.750. The molecule has 3 atom stereocenters. The van der Waals surface area contributed by atoms with E-state index in [9.17, 15) is 10.1 Å². The highest BCUT2D eigenvalue weighted by Crippen LogP contribution is 2.35. The van der Waals surface area contributed by atoms with Gasteiger partial charge in [-0.2, -0.15) is 9.97 Å². The molecule has 3 rings (SSSR count). The Balaban J connectivity index is 1.86. The molecule has 0 bridgehead atoms. The molecule has 2 aliphatic heterocycles. The van der Waals surface area contributed by atoms with Gasteiger partial charge in [-0.3, -0.25) is 10.1 Å². The van der Waals surface area contributed by atoms with Crippen LogP contribution in [0.25, 0.3) is 0 Å². The lowest BCUT2D eigenvalue weighted by Crippen LogP contribution is -2.39. The number of nitrogens with two attached hydrogens (primary N) is 1. The average molecular weight is 350 g/mol. The Labute approximate surface area is 147 Å². The first-order valence-corrected chi connectivity index (χ1v) is 8.86. The molecule has 0 aliphatic carbocycles. The van der Waals surface area contributed by atoms with Crippen LogP contribution in [0.5, 0.6) is 0 Å². The Bertz CT molecular complexity index is 625. The minimum Gasteiger partial charge on any atom is -0.378 e. The van der Waals surface area contributed by atoms with Crippen molar-refractivity contribution >= 4 is 23.3 Å². The van der Waals surface area contributed by atoms with E-state index in [0.717, 1.165) is 39.0 Å². The average Bonchev–Trinajstić information content (AvgIpc) is 3.04. The van der Waals surface area contributed by atoms with Crippen LogP contribution in [-0.2, 0) is 4.74 Å². The number of nitrogen functional groups attached to an aromatic ring is 1. The lowest BCUT2D eigenvalue weighted by Gasteiger charge is -2.35. The van der Waals surface area contributed by atoms with E-state index in [1.807, 2.05) is 4.90 Å². The van der Waals surface area contributed by atoms with E-state index in [1.54, 1.807) is 0 Å². The molecule has 0 radical (unpaired) electrons. The second-order valence-electron chi connectivity index (χ2n) is 7.23. The first-order valence-electron chi connectivity index (χ1n) is 8.86. The summed E-state index contributed by atoms with van der Waals surface area (Å²) in [6.07, 6.45) is 3.27. The first kappa shape index (κ1) is 17.7. The van der Waals surface area contributed by atoms with Gasteiger partial charge in [0.2, 0.25) is 17.6 Å². The second kappa shape index (κ2) is 7.38. The van der Waals surface area contributed by atoms with E-state index in [0.29, 0.717) is 30.1 Å². The highest BCUT2D eigenvalue weighted by atomic mass is 16.6. The molecule has 0 unspecified atom stereocenters. The monoisotopic (exact) mass is 350 g/mol. The smallest absolute Gasteiger partial charge is 0.353 e. The minimum atomic E-state index is -0.488. The molecular formula is C16H26N6O3. The van der Waals surface area contributed by atoms with Crippen molar-refractivity contribution < 1.29 is 9.66 Å². The Morgan fingerprint density at radius 1 is 1.36 bits per heavy atom. The maximum Gasteiger partial charge on any atom is 0.353 e. The van der Waals surface area contributed by atoms with Gasteiger partial charge < -0.3 is 20.7 Å². The van der Waals surface area contributed by atoms with Gasteiger partial charge in [-0.1, -0.05) is 13.8 Å². The third-order valence-corrected chi connectivity index (χ3v) is 4.76. The third kappa shape index (κ3) is 4.09. The third-order valence-electron chi connectivity index (χ3n) is 4.76. The van der Waals surface area contributed by atoms with E-state index in [1.165, 1.54) is 0 Å². The predicted octanol–water partition coefficient (Wildman–Crippen LogP) is 2.04. The molecule has 2 saturated heterocycles. The van der Waals surface area contributed by atoms with Crippen molar-refractivity contribution in [2.75, 3.05) is 42.2 Å². The van der Waals surface area contributed by atoms with E-state index in [4.69, 9.17) is 10.5 Å². The maximum atomic E-state index is 11.5. The zero-order valence-corrected chi connectivity index (χ0v) is 14.8. The van der Waals surface area contributed by atoms with Crippen LogP contribution in [0.1, 0.15) is 33.1 Å². The number of nitrogens with one attached hydrogen (secondary N) is 1. The van der Waals surface area contributed by atoms with Gasteiger partial charge in [0.05, 0.1) is 11.0 Å². The SMILES string of the molecule is C[C@@H]1C[C@@H](C)CN(c2nc(NC[C@H]3CCCO3)nc(N)c2[N+](=O)[O-])C1. The van der Waals surface area contributed by atoms with Crippen molar-refractivity contribution in [3.8, 4) is 0 Å². The summed E-state index contributed by atoms with van der Waals surface area (Å²) in [6.45, 7) is 7.10. The lowest BCUT2D eigenvalue weighted by molar-refractivity contribution is -0.383. The molecule has 1 aromatic rings. The molecular weight excluding hydrogens is 324 g/mol. The molecule has 138 valence electrons. The van der Waals surface area contributed by atoms with Gasteiger partial charge in [0.25, 0.3) is 0 Å². The van der Waals surface area contributed by atoms with Gasteiger partial charge in [-0.15, -0.1) is 0 Å². The molecule has 0 aromatic carbocycles. The van der Waals surface area contributed by atoms with Gasteiger partial charge in [0.15, 0.2) is 0 Å². The van der Waals surface area contributed by atoms with E-state index in [-0.39, 0.29) is 17.6 Å². The number of ether oxygens (including phenoxy) is 1. The quantitative estimate of drug-likeness (QED) is 0.611. The van der Waals surface area contributed by atoms with Crippen molar-refractivity contribution in [1.82, 2.24) is 9.97 Å². The van der Waals surface area contributed by atoms with Crippen LogP contribution in [0.15, 0.2) is 0 Å². The summed E-state index contributed by atoms with van der Waals surface area (Å²) in [6, 6.07) is 0. The lowest BCUT2D eigenvalue weighted by atomic mass is 9.92. The molecule has 9 nitrogen and oxygen atoms in total. The zero-order valence-electron chi connectivity index (χ0n) is 14.8. The zero-order chi connectivity index (χ0) is 18.0.